The number of hydrogen-bond donors (Lipinski definition) is 2. The summed E-state index contributed by atoms with van der Waals surface area (Å²) < 4.78 is 1.09. The maximum Gasteiger partial charge on any atom is 0.0675 e. The predicted octanol–water partition coefficient (Wildman–Crippen LogP) is 3.27. The number of benzene rings is 1. The van der Waals surface area contributed by atoms with Crippen molar-refractivity contribution in [2.24, 2.45) is 0 Å². The molecule has 1 heterocycles. The van der Waals surface area contributed by atoms with Crippen molar-refractivity contribution in [1.29, 1.82) is 0 Å². The highest BCUT2D eigenvalue weighted by atomic mass is 79.9. The Bertz CT molecular complexity index is 386. The van der Waals surface area contributed by atoms with Gasteiger partial charge in [0.25, 0.3) is 0 Å². The van der Waals surface area contributed by atoms with Crippen molar-refractivity contribution in [3.63, 3.8) is 0 Å². The van der Waals surface area contributed by atoms with Crippen LogP contribution in [0.15, 0.2) is 28.7 Å². The Morgan fingerprint density at radius 1 is 1.39 bits per heavy atom. The summed E-state index contributed by atoms with van der Waals surface area (Å²) in [5, 5.41) is 14.1. The van der Waals surface area contributed by atoms with Crippen LogP contribution in [-0.2, 0) is 6.42 Å². The highest BCUT2D eigenvalue weighted by Crippen LogP contribution is 2.26. The van der Waals surface area contributed by atoms with Crippen molar-refractivity contribution in [3.05, 3.63) is 34.3 Å². The summed E-state index contributed by atoms with van der Waals surface area (Å²) in [6.07, 6.45) is 5.26. The molecule has 0 radical (unpaired) electrons. The minimum atomic E-state index is -0.640. The quantitative estimate of drug-likeness (QED) is 0.894. The molecule has 2 N–H and O–H groups in total. The van der Waals surface area contributed by atoms with Gasteiger partial charge in [0.1, 0.15) is 0 Å². The van der Waals surface area contributed by atoms with Crippen LogP contribution in [0, 0.1) is 0 Å². The Morgan fingerprint density at radius 3 is 2.83 bits per heavy atom. The SMILES string of the molecule is CC(O)(Cc1ccccc1Br)CC1CCCCN1. The van der Waals surface area contributed by atoms with E-state index in [4.69, 9.17) is 0 Å². The van der Waals surface area contributed by atoms with Gasteiger partial charge in [-0.05, 0) is 44.4 Å². The first kappa shape index (κ1) is 14.0. The molecule has 2 unspecified atom stereocenters. The first-order valence-corrected chi connectivity index (χ1v) is 7.55. The van der Waals surface area contributed by atoms with Gasteiger partial charge in [-0.25, -0.2) is 0 Å². The molecule has 1 aromatic rings. The number of rotatable bonds is 4. The summed E-state index contributed by atoms with van der Waals surface area (Å²) in [5.74, 6) is 0. The minimum Gasteiger partial charge on any atom is -0.390 e. The van der Waals surface area contributed by atoms with Gasteiger partial charge in [-0.15, -0.1) is 0 Å². The van der Waals surface area contributed by atoms with Crippen molar-refractivity contribution in [2.75, 3.05) is 6.54 Å². The molecule has 1 saturated heterocycles. The molecule has 18 heavy (non-hydrogen) atoms. The standard InChI is InChI=1S/C15H22BrNO/c1-15(18,11-13-7-4-5-9-17-13)10-12-6-2-3-8-14(12)16/h2-3,6,8,13,17-18H,4-5,7,9-11H2,1H3. The van der Waals surface area contributed by atoms with E-state index in [0.29, 0.717) is 12.5 Å². The average Bonchev–Trinajstić information content (AvgIpc) is 2.32. The number of piperidine rings is 1. The van der Waals surface area contributed by atoms with Gasteiger partial charge in [-0.1, -0.05) is 40.5 Å². The number of aliphatic hydroxyl groups is 1. The fourth-order valence-electron chi connectivity index (χ4n) is 2.75. The van der Waals surface area contributed by atoms with Gasteiger partial charge in [-0.3, -0.25) is 0 Å². The van der Waals surface area contributed by atoms with E-state index in [1.54, 1.807) is 0 Å². The number of nitrogens with one attached hydrogen (secondary N) is 1. The maximum absolute atomic E-state index is 10.6. The lowest BCUT2D eigenvalue weighted by Crippen LogP contribution is -2.41. The van der Waals surface area contributed by atoms with Gasteiger partial charge < -0.3 is 10.4 Å². The summed E-state index contributed by atoms with van der Waals surface area (Å²) >= 11 is 3.55. The maximum atomic E-state index is 10.6. The summed E-state index contributed by atoms with van der Waals surface area (Å²) in [6.45, 7) is 3.04. The second kappa shape index (κ2) is 6.18. The summed E-state index contributed by atoms with van der Waals surface area (Å²) in [6, 6.07) is 8.60. The zero-order chi connectivity index (χ0) is 13.0. The van der Waals surface area contributed by atoms with Crippen molar-refractivity contribution in [2.45, 2.75) is 50.7 Å². The van der Waals surface area contributed by atoms with Crippen LogP contribution in [0.25, 0.3) is 0 Å². The largest absolute Gasteiger partial charge is 0.390 e. The Hall–Kier alpha value is -0.380. The molecule has 1 aliphatic rings. The first-order chi connectivity index (χ1) is 8.57. The van der Waals surface area contributed by atoms with E-state index in [1.165, 1.54) is 24.8 Å². The molecule has 3 heteroatoms. The van der Waals surface area contributed by atoms with E-state index < -0.39 is 5.60 Å². The van der Waals surface area contributed by atoms with Gasteiger partial charge in [0.05, 0.1) is 5.60 Å². The normalized spacial score (nSPS) is 23.6. The van der Waals surface area contributed by atoms with Crippen molar-refractivity contribution in [1.82, 2.24) is 5.32 Å². The summed E-state index contributed by atoms with van der Waals surface area (Å²) in [5.41, 5.74) is 0.539. The molecular formula is C15H22BrNO. The van der Waals surface area contributed by atoms with Crippen LogP contribution >= 0.6 is 15.9 Å². The van der Waals surface area contributed by atoms with Crippen LogP contribution in [0.3, 0.4) is 0 Å². The Labute approximate surface area is 118 Å². The molecule has 2 nitrogen and oxygen atoms in total. The third kappa shape index (κ3) is 4.08. The molecular weight excluding hydrogens is 290 g/mol. The molecule has 0 amide bonds. The van der Waals surface area contributed by atoms with Crippen LogP contribution in [0.4, 0.5) is 0 Å². The third-order valence-electron chi connectivity index (χ3n) is 3.63. The predicted molar refractivity (Wildman–Crippen MR) is 78.7 cm³/mol. The lowest BCUT2D eigenvalue weighted by molar-refractivity contribution is 0.0370. The second-order valence-corrected chi connectivity index (χ2v) is 6.47. The number of halogens is 1. The molecule has 0 bridgehead atoms. The van der Waals surface area contributed by atoms with Crippen molar-refractivity contribution < 1.29 is 5.11 Å². The van der Waals surface area contributed by atoms with Crippen LogP contribution < -0.4 is 5.32 Å². The average molecular weight is 312 g/mol. The van der Waals surface area contributed by atoms with E-state index in [2.05, 4.69) is 27.3 Å². The Kier molecular flexibility index (Phi) is 4.82. The second-order valence-electron chi connectivity index (χ2n) is 5.62. The molecule has 1 fully saturated rings. The van der Waals surface area contributed by atoms with E-state index in [1.807, 2.05) is 25.1 Å². The molecule has 1 aliphatic heterocycles. The lowest BCUT2D eigenvalue weighted by Gasteiger charge is -2.32. The molecule has 0 spiro atoms. The molecule has 2 atom stereocenters. The lowest BCUT2D eigenvalue weighted by atomic mass is 9.87. The highest BCUT2D eigenvalue weighted by Gasteiger charge is 2.27. The van der Waals surface area contributed by atoms with Gasteiger partial charge in [0.2, 0.25) is 0 Å². The van der Waals surface area contributed by atoms with E-state index in [-0.39, 0.29) is 0 Å². The zero-order valence-corrected chi connectivity index (χ0v) is 12.5. The summed E-state index contributed by atoms with van der Waals surface area (Å²) in [7, 11) is 0. The van der Waals surface area contributed by atoms with Crippen LogP contribution in [0.1, 0.15) is 38.2 Å². The first-order valence-electron chi connectivity index (χ1n) is 6.76. The zero-order valence-electron chi connectivity index (χ0n) is 11.0. The van der Waals surface area contributed by atoms with Gasteiger partial charge in [-0.2, -0.15) is 0 Å². The van der Waals surface area contributed by atoms with E-state index in [9.17, 15) is 5.11 Å². The van der Waals surface area contributed by atoms with E-state index in [0.717, 1.165) is 17.4 Å². The van der Waals surface area contributed by atoms with Crippen molar-refractivity contribution in [3.8, 4) is 0 Å². The van der Waals surface area contributed by atoms with Gasteiger partial charge in [0.15, 0.2) is 0 Å². The molecule has 1 aromatic carbocycles. The molecule has 100 valence electrons. The molecule has 0 aliphatic carbocycles. The van der Waals surface area contributed by atoms with Gasteiger partial charge >= 0.3 is 0 Å². The fraction of sp³-hybridized carbons (Fsp3) is 0.600. The van der Waals surface area contributed by atoms with Crippen LogP contribution in [0.5, 0.6) is 0 Å². The molecule has 0 aromatic heterocycles. The fourth-order valence-corrected chi connectivity index (χ4v) is 3.18. The highest BCUT2D eigenvalue weighted by molar-refractivity contribution is 9.10. The Morgan fingerprint density at radius 2 is 2.17 bits per heavy atom. The van der Waals surface area contributed by atoms with Crippen molar-refractivity contribution >= 4 is 15.9 Å². The van der Waals surface area contributed by atoms with Crippen LogP contribution in [0.2, 0.25) is 0 Å². The van der Waals surface area contributed by atoms with E-state index >= 15 is 0 Å². The topological polar surface area (TPSA) is 32.3 Å². The molecule has 0 saturated carbocycles. The minimum absolute atomic E-state index is 0.469. The summed E-state index contributed by atoms with van der Waals surface area (Å²) in [4.78, 5) is 0. The molecule has 2 rings (SSSR count). The number of hydrogen-bond acceptors (Lipinski definition) is 2. The monoisotopic (exact) mass is 311 g/mol. The smallest absolute Gasteiger partial charge is 0.0675 e. The third-order valence-corrected chi connectivity index (χ3v) is 4.40. The van der Waals surface area contributed by atoms with Gasteiger partial charge in [0, 0.05) is 16.9 Å². The Balaban J connectivity index is 1.96. The van der Waals surface area contributed by atoms with Crippen LogP contribution in [-0.4, -0.2) is 23.3 Å².